The van der Waals surface area contributed by atoms with Crippen LogP contribution in [0.3, 0.4) is 0 Å². The van der Waals surface area contributed by atoms with Crippen LogP contribution in [0, 0.1) is 0 Å². The number of pyridine rings is 1. The Bertz CT molecular complexity index is 1230. The smallest absolute Gasteiger partial charge is 0.256 e. The second-order valence-electron chi connectivity index (χ2n) is 7.42. The largest absolute Gasteiger partial charge is 0.497 e. The number of anilines is 2. The molecule has 0 aliphatic heterocycles. The summed E-state index contributed by atoms with van der Waals surface area (Å²) in [7, 11) is 1.63. The number of nitrogens with one attached hydrogen (secondary N) is 2. The van der Waals surface area contributed by atoms with Crippen LogP contribution in [0.2, 0.25) is 5.02 Å². The van der Waals surface area contributed by atoms with Crippen molar-refractivity contribution in [2.45, 2.75) is 6.42 Å². The summed E-state index contributed by atoms with van der Waals surface area (Å²) in [6.07, 6.45) is 2.57. The van der Waals surface area contributed by atoms with Gasteiger partial charge < -0.3 is 15.4 Å². The molecule has 0 spiro atoms. The highest BCUT2D eigenvalue weighted by molar-refractivity contribution is 6.33. The van der Waals surface area contributed by atoms with Crippen molar-refractivity contribution in [1.29, 1.82) is 0 Å². The molecule has 166 valence electrons. The normalized spacial score (nSPS) is 10.5. The number of halogens is 1. The summed E-state index contributed by atoms with van der Waals surface area (Å²) in [5, 5.41) is 6.81. The van der Waals surface area contributed by atoms with E-state index in [4.69, 9.17) is 16.3 Å². The van der Waals surface area contributed by atoms with Gasteiger partial charge in [0.15, 0.2) is 0 Å². The Labute approximate surface area is 198 Å². The van der Waals surface area contributed by atoms with E-state index in [0.29, 0.717) is 22.8 Å². The van der Waals surface area contributed by atoms with Gasteiger partial charge in [-0.05, 0) is 59.7 Å². The van der Waals surface area contributed by atoms with Gasteiger partial charge in [-0.15, -0.1) is 0 Å². The molecule has 0 unspecified atom stereocenters. The summed E-state index contributed by atoms with van der Waals surface area (Å²) in [4.78, 5) is 17.4. The molecule has 6 heteroatoms. The van der Waals surface area contributed by atoms with Crippen molar-refractivity contribution < 1.29 is 9.53 Å². The van der Waals surface area contributed by atoms with Crippen molar-refractivity contribution in [1.82, 2.24) is 4.98 Å². The van der Waals surface area contributed by atoms with Gasteiger partial charge in [-0.25, -0.2) is 0 Å². The van der Waals surface area contributed by atoms with Crippen molar-refractivity contribution in [3.63, 3.8) is 0 Å². The first-order valence-corrected chi connectivity index (χ1v) is 11.0. The Morgan fingerprint density at radius 2 is 1.76 bits per heavy atom. The minimum Gasteiger partial charge on any atom is -0.497 e. The van der Waals surface area contributed by atoms with Gasteiger partial charge in [0.05, 0.1) is 17.8 Å². The average molecular weight is 458 g/mol. The number of aromatic nitrogens is 1. The van der Waals surface area contributed by atoms with Crippen LogP contribution in [0.25, 0.3) is 11.1 Å². The number of benzene rings is 3. The van der Waals surface area contributed by atoms with E-state index in [1.807, 2.05) is 78.9 Å². The van der Waals surface area contributed by atoms with E-state index in [2.05, 4.69) is 15.6 Å². The summed E-state index contributed by atoms with van der Waals surface area (Å²) >= 11 is 6.46. The average Bonchev–Trinajstić information content (AvgIpc) is 2.86. The zero-order chi connectivity index (χ0) is 23.0. The predicted molar refractivity (Wildman–Crippen MR) is 134 cm³/mol. The molecule has 2 N–H and O–H groups in total. The maximum Gasteiger partial charge on any atom is 0.256 e. The van der Waals surface area contributed by atoms with Gasteiger partial charge in [0, 0.05) is 36.1 Å². The summed E-state index contributed by atoms with van der Waals surface area (Å²) in [6.45, 7) is 0.706. The maximum atomic E-state index is 13.1. The van der Waals surface area contributed by atoms with E-state index in [9.17, 15) is 4.79 Å². The highest BCUT2D eigenvalue weighted by atomic mass is 35.5. The molecule has 4 rings (SSSR count). The van der Waals surface area contributed by atoms with E-state index < -0.39 is 0 Å². The van der Waals surface area contributed by atoms with Crippen LogP contribution in [0.1, 0.15) is 16.1 Å². The lowest BCUT2D eigenvalue weighted by atomic mass is 9.99. The minimum atomic E-state index is -0.201. The quantitative estimate of drug-likeness (QED) is 0.325. The Morgan fingerprint density at radius 1 is 0.970 bits per heavy atom. The van der Waals surface area contributed by atoms with Crippen molar-refractivity contribution in [2.75, 3.05) is 24.3 Å². The number of nitrogens with zero attached hydrogens (tertiary/aromatic N) is 1. The highest BCUT2D eigenvalue weighted by Gasteiger charge is 2.13. The van der Waals surface area contributed by atoms with Crippen molar-refractivity contribution in [2.24, 2.45) is 0 Å². The molecule has 0 aliphatic carbocycles. The number of hydrogen-bond acceptors (Lipinski definition) is 4. The van der Waals surface area contributed by atoms with Crippen LogP contribution >= 0.6 is 11.6 Å². The van der Waals surface area contributed by atoms with Crippen LogP contribution in [0.4, 0.5) is 11.4 Å². The summed E-state index contributed by atoms with van der Waals surface area (Å²) < 4.78 is 5.23. The van der Waals surface area contributed by atoms with E-state index in [0.717, 1.165) is 34.7 Å². The number of ether oxygens (including phenoxy) is 1. The monoisotopic (exact) mass is 457 g/mol. The van der Waals surface area contributed by atoms with E-state index in [1.54, 1.807) is 19.4 Å². The first-order chi connectivity index (χ1) is 16.1. The van der Waals surface area contributed by atoms with Gasteiger partial charge in [0.2, 0.25) is 0 Å². The highest BCUT2D eigenvalue weighted by Crippen LogP contribution is 2.28. The third kappa shape index (κ3) is 5.70. The van der Waals surface area contributed by atoms with Crippen molar-refractivity contribution in [3.8, 4) is 16.9 Å². The molecule has 0 aliphatic rings. The Balaban J connectivity index is 1.44. The Kier molecular flexibility index (Phi) is 7.22. The van der Waals surface area contributed by atoms with Crippen LogP contribution in [-0.2, 0) is 6.42 Å². The van der Waals surface area contributed by atoms with Gasteiger partial charge in [-0.3, -0.25) is 9.78 Å². The molecule has 0 saturated heterocycles. The van der Waals surface area contributed by atoms with Crippen molar-refractivity contribution in [3.05, 3.63) is 107 Å². The van der Waals surface area contributed by atoms with Crippen LogP contribution < -0.4 is 15.4 Å². The fraction of sp³-hybridized carbons (Fsp3) is 0.111. The number of carbonyl (C=O) groups excluding carboxylic acids is 1. The van der Waals surface area contributed by atoms with Gasteiger partial charge >= 0.3 is 0 Å². The minimum absolute atomic E-state index is 0.201. The predicted octanol–water partition coefficient (Wildman–Crippen LogP) is 6.32. The molecule has 0 bridgehead atoms. The van der Waals surface area contributed by atoms with Gasteiger partial charge in [0.1, 0.15) is 5.75 Å². The Hall–Kier alpha value is -3.83. The molecule has 0 radical (unpaired) electrons. The zero-order valence-electron chi connectivity index (χ0n) is 18.2. The second-order valence-corrected chi connectivity index (χ2v) is 7.83. The first kappa shape index (κ1) is 22.4. The lowest BCUT2D eigenvalue weighted by Crippen LogP contribution is -2.13. The summed E-state index contributed by atoms with van der Waals surface area (Å²) in [5.41, 5.74) is 4.81. The fourth-order valence-electron chi connectivity index (χ4n) is 3.51. The lowest BCUT2D eigenvalue weighted by molar-refractivity contribution is 0.102. The Morgan fingerprint density at radius 3 is 2.48 bits per heavy atom. The summed E-state index contributed by atoms with van der Waals surface area (Å²) in [5.74, 6) is 0.567. The maximum absolute atomic E-state index is 13.1. The van der Waals surface area contributed by atoms with E-state index in [-0.39, 0.29) is 5.91 Å². The fourth-order valence-corrected chi connectivity index (χ4v) is 3.76. The standard InChI is InChI=1S/C27H24ClN3O2/c1-33-22-12-9-19(10-13-22)23-7-2-3-8-24(23)27(32)31-21-11-14-26(25(28)18-21)30-17-15-20-6-4-5-16-29-20/h2-14,16,18,30H,15,17H2,1H3,(H,31,32). The number of rotatable bonds is 8. The molecule has 5 nitrogen and oxygen atoms in total. The van der Waals surface area contributed by atoms with Gasteiger partial charge in [0.25, 0.3) is 5.91 Å². The molecule has 0 saturated carbocycles. The SMILES string of the molecule is COc1ccc(-c2ccccc2C(=O)Nc2ccc(NCCc3ccccn3)c(Cl)c2)cc1. The molecule has 1 amide bonds. The van der Waals surface area contributed by atoms with Gasteiger partial charge in [-0.2, -0.15) is 0 Å². The van der Waals surface area contributed by atoms with Gasteiger partial charge in [-0.1, -0.05) is 48.0 Å². The number of hydrogen-bond donors (Lipinski definition) is 2. The second kappa shape index (κ2) is 10.7. The zero-order valence-corrected chi connectivity index (χ0v) is 19.0. The molecule has 0 atom stereocenters. The molecule has 1 aromatic heterocycles. The molecular weight excluding hydrogens is 434 g/mol. The molecule has 3 aromatic carbocycles. The molecule has 4 aromatic rings. The third-order valence-electron chi connectivity index (χ3n) is 5.22. The number of amides is 1. The number of carbonyl (C=O) groups is 1. The van der Waals surface area contributed by atoms with Crippen LogP contribution in [0.5, 0.6) is 5.75 Å². The van der Waals surface area contributed by atoms with E-state index in [1.165, 1.54) is 0 Å². The third-order valence-corrected chi connectivity index (χ3v) is 5.54. The molecule has 33 heavy (non-hydrogen) atoms. The molecule has 0 fully saturated rings. The topological polar surface area (TPSA) is 63.2 Å². The number of methoxy groups -OCH3 is 1. The van der Waals surface area contributed by atoms with Crippen LogP contribution in [-0.4, -0.2) is 24.5 Å². The molecular formula is C27H24ClN3O2. The van der Waals surface area contributed by atoms with E-state index >= 15 is 0 Å². The molecule has 1 heterocycles. The lowest BCUT2D eigenvalue weighted by Gasteiger charge is -2.13. The first-order valence-electron chi connectivity index (χ1n) is 10.6. The summed E-state index contributed by atoms with van der Waals surface area (Å²) in [6, 6.07) is 26.5. The van der Waals surface area contributed by atoms with Crippen molar-refractivity contribution >= 4 is 28.9 Å². The van der Waals surface area contributed by atoms with Crippen LogP contribution in [0.15, 0.2) is 91.1 Å².